The molecule has 1 aromatic rings. The first kappa shape index (κ1) is 14.4. The van der Waals surface area contributed by atoms with Gasteiger partial charge in [0.15, 0.2) is 0 Å². The molecule has 1 aliphatic heterocycles. The van der Waals surface area contributed by atoms with Crippen molar-refractivity contribution in [3.05, 3.63) is 29.1 Å². The summed E-state index contributed by atoms with van der Waals surface area (Å²) in [5.41, 5.74) is 6.53. The molecular weight excluding hydrogens is 257 g/mol. The van der Waals surface area contributed by atoms with E-state index >= 15 is 0 Å². The van der Waals surface area contributed by atoms with Crippen LogP contribution in [0.4, 0.5) is 10.1 Å². The van der Waals surface area contributed by atoms with Crippen molar-refractivity contribution < 1.29 is 9.18 Å². The third-order valence-electron chi connectivity index (χ3n) is 3.48. The normalized spacial score (nSPS) is 15.9. The highest BCUT2D eigenvalue weighted by molar-refractivity contribution is 5.95. The van der Waals surface area contributed by atoms with E-state index in [1.807, 2.05) is 0 Å². The highest BCUT2D eigenvalue weighted by atomic mass is 19.1. The topological polar surface area (TPSA) is 49.6 Å². The molecule has 2 N–H and O–H groups in total. The van der Waals surface area contributed by atoms with Gasteiger partial charge in [-0.1, -0.05) is 5.92 Å². The van der Waals surface area contributed by atoms with Gasteiger partial charge in [-0.15, -0.1) is 6.42 Å². The summed E-state index contributed by atoms with van der Waals surface area (Å²) in [5.74, 6) is 1.79. The van der Waals surface area contributed by atoms with Gasteiger partial charge in [-0.05, 0) is 24.6 Å². The number of piperazine rings is 1. The molecule has 4 nitrogen and oxygen atoms in total. The number of halogens is 1. The first-order valence-corrected chi connectivity index (χ1v) is 6.53. The van der Waals surface area contributed by atoms with Crippen molar-refractivity contribution >= 4 is 11.6 Å². The molecule has 0 bridgehead atoms. The highest BCUT2D eigenvalue weighted by Gasteiger charge is 2.24. The van der Waals surface area contributed by atoms with Crippen molar-refractivity contribution in [3.63, 3.8) is 0 Å². The molecule has 0 spiro atoms. The zero-order chi connectivity index (χ0) is 14.7. The molecule has 5 heteroatoms. The molecule has 1 aromatic carbocycles. The van der Waals surface area contributed by atoms with E-state index in [0.717, 1.165) is 0 Å². The van der Waals surface area contributed by atoms with Crippen molar-refractivity contribution in [3.8, 4) is 12.3 Å². The lowest BCUT2D eigenvalue weighted by atomic mass is 10.1. The number of terminal acetylenes is 1. The zero-order valence-electron chi connectivity index (χ0n) is 11.5. The number of hydrogen-bond donors (Lipinski definition) is 1. The molecule has 1 heterocycles. The fraction of sp³-hybridized carbons (Fsp3) is 0.400. The van der Waals surface area contributed by atoms with Gasteiger partial charge in [-0.2, -0.15) is 0 Å². The predicted molar refractivity (Wildman–Crippen MR) is 76.7 cm³/mol. The van der Waals surface area contributed by atoms with E-state index in [1.54, 1.807) is 11.8 Å². The molecule has 0 saturated carbocycles. The Kier molecular flexibility index (Phi) is 4.26. The van der Waals surface area contributed by atoms with Crippen molar-refractivity contribution in [2.24, 2.45) is 0 Å². The number of nitrogens with zero attached hydrogens (tertiary/aromatic N) is 2. The Hall–Kier alpha value is -2.06. The number of anilines is 1. The summed E-state index contributed by atoms with van der Waals surface area (Å²) < 4.78 is 14.0. The molecule has 20 heavy (non-hydrogen) atoms. The van der Waals surface area contributed by atoms with Crippen LogP contribution in [-0.2, 0) is 0 Å². The van der Waals surface area contributed by atoms with Gasteiger partial charge < -0.3 is 10.6 Å². The second kappa shape index (κ2) is 5.93. The number of amides is 1. The summed E-state index contributed by atoms with van der Waals surface area (Å²) in [5, 5.41) is 0. The van der Waals surface area contributed by atoms with Crippen molar-refractivity contribution in [2.45, 2.75) is 6.92 Å². The summed E-state index contributed by atoms with van der Waals surface area (Å²) in [6, 6.07) is 2.93. The van der Waals surface area contributed by atoms with Crippen LogP contribution in [-0.4, -0.2) is 48.4 Å². The van der Waals surface area contributed by atoms with Crippen molar-refractivity contribution in [2.75, 3.05) is 38.5 Å². The molecule has 0 unspecified atom stereocenters. The summed E-state index contributed by atoms with van der Waals surface area (Å²) in [6.07, 6.45) is 5.26. The van der Waals surface area contributed by atoms with Crippen molar-refractivity contribution in [1.82, 2.24) is 9.80 Å². The van der Waals surface area contributed by atoms with Crippen LogP contribution in [0, 0.1) is 25.1 Å². The number of hydrogen-bond acceptors (Lipinski definition) is 3. The average molecular weight is 275 g/mol. The van der Waals surface area contributed by atoms with E-state index in [2.05, 4.69) is 10.8 Å². The van der Waals surface area contributed by atoms with E-state index in [4.69, 9.17) is 12.2 Å². The van der Waals surface area contributed by atoms with Gasteiger partial charge in [-0.3, -0.25) is 9.69 Å². The lowest BCUT2D eigenvalue weighted by molar-refractivity contribution is 0.0647. The number of nitrogen functional groups attached to an aromatic ring is 1. The fourth-order valence-electron chi connectivity index (χ4n) is 2.36. The molecule has 1 aliphatic rings. The molecule has 0 aromatic heterocycles. The lowest BCUT2D eigenvalue weighted by Gasteiger charge is -2.33. The van der Waals surface area contributed by atoms with Crippen LogP contribution in [0.2, 0.25) is 0 Å². The first-order chi connectivity index (χ1) is 9.52. The molecule has 0 radical (unpaired) electrons. The smallest absolute Gasteiger partial charge is 0.257 e. The van der Waals surface area contributed by atoms with E-state index in [1.165, 1.54) is 12.1 Å². The van der Waals surface area contributed by atoms with Gasteiger partial charge in [0, 0.05) is 31.9 Å². The number of rotatable bonds is 2. The van der Waals surface area contributed by atoms with Crippen LogP contribution >= 0.6 is 0 Å². The SMILES string of the molecule is C#CCN1CCN(C(=O)c2cc(N)cc(C)c2F)CC1. The fourth-order valence-corrected chi connectivity index (χ4v) is 2.36. The van der Waals surface area contributed by atoms with Gasteiger partial charge in [0.05, 0.1) is 12.1 Å². The molecule has 0 aliphatic carbocycles. The van der Waals surface area contributed by atoms with Crippen LogP contribution in [0.15, 0.2) is 12.1 Å². The molecule has 1 saturated heterocycles. The van der Waals surface area contributed by atoms with Gasteiger partial charge in [0.25, 0.3) is 5.91 Å². The Labute approximate surface area is 118 Å². The van der Waals surface area contributed by atoms with Gasteiger partial charge in [-0.25, -0.2) is 4.39 Å². The van der Waals surface area contributed by atoms with E-state index in [9.17, 15) is 9.18 Å². The molecular formula is C15H18FN3O. The monoisotopic (exact) mass is 275 g/mol. The third-order valence-corrected chi connectivity index (χ3v) is 3.48. The maximum atomic E-state index is 14.0. The number of benzene rings is 1. The summed E-state index contributed by atoms with van der Waals surface area (Å²) in [6.45, 7) is 4.69. The quantitative estimate of drug-likeness (QED) is 0.650. The average Bonchev–Trinajstić information content (AvgIpc) is 2.43. The Bertz CT molecular complexity index is 557. The van der Waals surface area contributed by atoms with Crippen LogP contribution in [0.3, 0.4) is 0 Å². The molecule has 1 fully saturated rings. The van der Waals surface area contributed by atoms with Crippen molar-refractivity contribution in [1.29, 1.82) is 0 Å². The standard InChI is InChI=1S/C15H18FN3O/c1-3-4-18-5-7-19(8-6-18)15(20)13-10-12(17)9-11(2)14(13)16/h1,9-10H,4-8,17H2,2H3. The minimum atomic E-state index is -0.491. The number of carbonyl (C=O) groups excluding carboxylic acids is 1. The van der Waals surface area contributed by atoms with Gasteiger partial charge in [0.1, 0.15) is 5.82 Å². The van der Waals surface area contributed by atoms with Gasteiger partial charge >= 0.3 is 0 Å². The minimum absolute atomic E-state index is 0.0490. The Balaban J connectivity index is 2.12. The second-order valence-corrected chi connectivity index (χ2v) is 4.97. The maximum absolute atomic E-state index is 14.0. The third kappa shape index (κ3) is 2.91. The van der Waals surface area contributed by atoms with Crippen LogP contribution < -0.4 is 5.73 Å². The molecule has 1 amide bonds. The number of carbonyl (C=O) groups is 1. The van der Waals surface area contributed by atoms with Crippen LogP contribution in [0.5, 0.6) is 0 Å². The Morgan fingerprint density at radius 1 is 1.40 bits per heavy atom. The molecule has 2 rings (SSSR count). The van der Waals surface area contributed by atoms with E-state index < -0.39 is 5.82 Å². The second-order valence-electron chi connectivity index (χ2n) is 4.97. The van der Waals surface area contributed by atoms with E-state index in [-0.39, 0.29) is 11.5 Å². The maximum Gasteiger partial charge on any atom is 0.257 e. The van der Waals surface area contributed by atoms with Gasteiger partial charge in [0.2, 0.25) is 0 Å². The predicted octanol–water partition coefficient (Wildman–Crippen LogP) is 1.11. The lowest BCUT2D eigenvalue weighted by Crippen LogP contribution is -2.48. The first-order valence-electron chi connectivity index (χ1n) is 6.53. The largest absolute Gasteiger partial charge is 0.399 e. The summed E-state index contributed by atoms with van der Waals surface area (Å²) >= 11 is 0. The summed E-state index contributed by atoms with van der Waals surface area (Å²) in [4.78, 5) is 16.1. The summed E-state index contributed by atoms with van der Waals surface area (Å²) in [7, 11) is 0. The number of nitrogens with two attached hydrogens (primary N) is 1. The zero-order valence-corrected chi connectivity index (χ0v) is 11.5. The minimum Gasteiger partial charge on any atom is -0.399 e. The van der Waals surface area contributed by atoms with E-state index in [0.29, 0.717) is 44.0 Å². The molecule has 106 valence electrons. The number of aryl methyl sites for hydroxylation is 1. The Morgan fingerprint density at radius 2 is 2.05 bits per heavy atom. The van der Waals surface area contributed by atoms with Crippen LogP contribution in [0.1, 0.15) is 15.9 Å². The van der Waals surface area contributed by atoms with Crippen LogP contribution in [0.25, 0.3) is 0 Å². The highest BCUT2D eigenvalue weighted by Crippen LogP contribution is 2.19. The molecule has 0 atom stereocenters. The Morgan fingerprint density at radius 3 is 2.65 bits per heavy atom.